The van der Waals surface area contributed by atoms with Crippen LogP contribution < -0.4 is 10.2 Å². The maximum absolute atomic E-state index is 13.2. The van der Waals surface area contributed by atoms with Gasteiger partial charge in [0.05, 0.1) is 29.4 Å². The third kappa shape index (κ3) is 4.13. The number of hydrogen-bond acceptors (Lipinski definition) is 7. The highest BCUT2D eigenvalue weighted by molar-refractivity contribution is 7.89. The number of sulfonamides is 1. The summed E-state index contributed by atoms with van der Waals surface area (Å²) in [5.74, 6) is 0.0830. The molecule has 0 aliphatic carbocycles. The second kappa shape index (κ2) is 8.21. The fourth-order valence-electron chi connectivity index (χ4n) is 2.90. The summed E-state index contributed by atoms with van der Waals surface area (Å²) in [5.41, 5.74) is 2.55. The van der Waals surface area contributed by atoms with Crippen LogP contribution in [0.25, 0.3) is 0 Å². The average molecular weight is 406 g/mol. The van der Waals surface area contributed by atoms with Gasteiger partial charge in [0.15, 0.2) is 0 Å². The summed E-state index contributed by atoms with van der Waals surface area (Å²) < 4.78 is 33.0. The number of aromatic nitrogens is 2. The summed E-state index contributed by atoms with van der Waals surface area (Å²) in [5, 5.41) is 9.06. The van der Waals surface area contributed by atoms with Crippen LogP contribution in [0.15, 0.2) is 41.6 Å². The molecular formula is C18H22N4O5S. The SMILES string of the molecule is CC(C)COc1ccc(S(=O)(=O)N2Cc3nccnc3CC2C(=O)NO)cc1. The van der Waals surface area contributed by atoms with Gasteiger partial charge in [-0.1, -0.05) is 13.8 Å². The quantitative estimate of drug-likeness (QED) is 0.545. The Balaban J connectivity index is 1.91. The van der Waals surface area contributed by atoms with Crippen LogP contribution in [0.4, 0.5) is 0 Å². The first-order valence-electron chi connectivity index (χ1n) is 8.80. The Bertz CT molecular complexity index is 947. The number of amides is 1. The van der Waals surface area contributed by atoms with Crippen LogP contribution in [0.5, 0.6) is 5.75 Å². The highest BCUT2D eigenvalue weighted by Gasteiger charge is 2.40. The molecule has 0 fully saturated rings. The normalized spacial score (nSPS) is 17.2. The van der Waals surface area contributed by atoms with Crippen molar-refractivity contribution in [2.75, 3.05) is 6.61 Å². The van der Waals surface area contributed by atoms with E-state index in [0.717, 1.165) is 4.31 Å². The van der Waals surface area contributed by atoms with Crippen molar-refractivity contribution in [3.8, 4) is 5.75 Å². The van der Waals surface area contributed by atoms with E-state index in [0.29, 0.717) is 29.7 Å². The van der Waals surface area contributed by atoms with Crippen molar-refractivity contribution in [2.24, 2.45) is 5.92 Å². The van der Waals surface area contributed by atoms with Gasteiger partial charge in [-0.25, -0.2) is 13.9 Å². The van der Waals surface area contributed by atoms with Crippen LogP contribution in [0.2, 0.25) is 0 Å². The molecule has 2 heterocycles. The van der Waals surface area contributed by atoms with Gasteiger partial charge < -0.3 is 4.74 Å². The molecule has 150 valence electrons. The number of nitrogens with zero attached hydrogens (tertiary/aromatic N) is 3. The minimum atomic E-state index is -4.02. The van der Waals surface area contributed by atoms with Crippen molar-refractivity contribution < 1.29 is 23.2 Å². The molecule has 1 aliphatic heterocycles. The van der Waals surface area contributed by atoms with Gasteiger partial charge in [-0.2, -0.15) is 4.31 Å². The van der Waals surface area contributed by atoms with Crippen molar-refractivity contribution in [3.05, 3.63) is 48.0 Å². The lowest BCUT2D eigenvalue weighted by Crippen LogP contribution is -2.52. The first kappa shape index (κ1) is 20.2. The summed E-state index contributed by atoms with van der Waals surface area (Å²) in [7, 11) is -4.02. The molecule has 0 spiro atoms. The minimum absolute atomic E-state index is 0.0182. The topological polar surface area (TPSA) is 122 Å². The Morgan fingerprint density at radius 1 is 1.25 bits per heavy atom. The van der Waals surface area contributed by atoms with Crippen LogP contribution in [-0.4, -0.2) is 46.5 Å². The van der Waals surface area contributed by atoms with Crippen LogP contribution >= 0.6 is 0 Å². The molecule has 2 N–H and O–H groups in total. The molecule has 0 radical (unpaired) electrons. The lowest BCUT2D eigenvalue weighted by Gasteiger charge is -2.33. The largest absolute Gasteiger partial charge is 0.493 e. The van der Waals surface area contributed by atoms with E-state index in [9.17, 15) is 13.2 Å². The first-order valence-corrected chi connectivity index (χ1v) is 10.2. The molecule has 0 saturated carbocycles. The molecule has 0 bridgehead atoms. The second-order valence-electron chi connectivity index (χ2n) is 6.87. The number of rotatable bonds is 6. The molecule has 0 saturated heterocycles. The summed E-state index contributed by atoms with van der Waals surface area (Å²) in [6.07, 6.45) is 2.97. The summed E-state index contributed by atoms with van der Waals surface area (Å²) in [4.78, 5) is 20.5. The van der Waals surface area contributed by atoms with Gasteiger partial charge in [0.25, 0.3) is 5.91 Å². The molecule has 1 amide bonds. The Kier molecular flexibility index (Phi) is 5.92. The van der Waals surface area contributed by atoms with Gasteiger partial charge in [0.1, 0.15) is 11.8 Å². The standard InChI is InChI=1S/C18H22N4O5S/c1-12(2)11-27-13-3-5-14(6-4-13)28(25,26)22-10-16-15(19-7-8-20-16)9-17(22)18(23)21-24/h3-8,12,17,24H,9-11H2,1-2H3,(H,21,23). The summed E-state index contributed by atoms with van der Waals surface area (Å²) in [6, 6.07) is 4.90. The summed E-state index contributed by atoms with van der Waals surface area (Å²) in [6.45, 7) is 4.44. The molecule has 1 aromatic carbocycles. The van der Waals surface area contributed by atoms with E-state index >= 15 is 0 Å². The molecule has 9 nitrogen and oxygen atoms in total. The van der Waals surface area contributed by atoms with E-state index in [1.807, 2.05) is 13.8 Å². The third-order valence-electron chi connectivity index (χ3n) is 4.33. The fourth-order valence-corrected chi connectivity index (χ4v) is 4.45. The van der Waals surface area contributed by atoms with Crippen LogP contribution in [0.3, 0.4) is 0 Å². The van der Waals surface area contributed by atoms with Crippen LogP contribution in [0, 0.1) is 5.92 Å². The predicted octanol–water partition coefficient (Wildman–Crippen LogP) is 1.13. The Hall–Kier alpha value is -2.56. The zero-order valence-corrected chi connectivity index (χ0v) is 16.4. The molecule has 1 atom stereocenters. The van der Waals surface area contributed by atoms with Gasteiger partial charge in [0.2, 0.25) is 10.0 Å². The molecule has 1 aliphatic rings. The number of benzene rings is 1. The molecule has 28 heavy (non-hydrogen) atoms. The fraction of sp³-hybridized carbons (Fsp3) is 0.389. The maximum atomic E-state index is 13.2. The van der Waals surface area contributed by atoms with Crippen molar-refractivity contribution >= 4 is 15.9 Å². The van der Waals surface area contributed by atoms with Gasteiger partial charge in [0, 0.05) is 18.8 Å². The highest BCUT2D eigenvalue weighted by atomic mass is 32.2. The summed E-state index contributed by atoms with van der Waals surface area (Å²) >= 11 is 0. The number of carbonyl (C=O) groups is 1. The molecule has 1 unspecified atom stereocenters. The molecule has 1 aromatic heterocycles. The Labute approximate surface area is 163 Å². The predicted molar refractivity (Wildman–Crippen MR) is 99.0 cm³/mol. The van der Waals surface area contributed by atoms with E-state index in [1.165, 1.54) is 24.5 Å². The Morgan fingerprint density at radius 3 is 2.50 bits per heavy atom. The zero-order chi connectivity index (χ0) is 20.3. The maximum Gasteiger partial charge on any atom is 0.262 e. The van der Waals surface area contributed by atoms with Gasteiger partial charge >= 0.3 is 0 Å². The molecule has 2 aromatic rings. The number of fused-ring (bicyclic) bond motifs is 1. The van der Waals surface area contributed by atoms with E-state index in [-0.39, 0.29) is 17.9 Å². The number of hydroxylamine groups is 1. The monoisotopic (exact) mass is 406 g/mol. The van der Waals surface area contributed by atoms with E-state index in [4.69, 9.17) is 9.94 Å². The minimum Gasteiger partial charge on any atom is -0.493 e. The molecule has 10 heteroatoms. The molecular weight excluding hydrogens is 384 g/mol. The van der Waals surface area contributed by atoms with Crippen molar-refractivity contribution in [1.29, 1.82) is 0 Å². The van der Waals surface area contributed by atoms with Gasteiger partial charge in [-0.15, -0.1) is 0 Å². The van der Waals surface area contributed by atoms with Crippen molar-refractivity contribution in [3.63, 3.8) is 0 Å². The van der Waals surface area contributed by atoms with Crippen molar-refractivity contribution in [1.82, 2.24) is 19.8 Å². The average Bonchev–Trinajstić information content (AvgIpc) is 2.71. The lowest BCUT2D eigenvalue weighted by atomic mass is 10.0. The zero-order valence-electron chi connectivity index (χ0n) is 15.6. The smallest absolute Gasteiger partial charge is 0.262 e. The van der Waals surface area contributed by atoms with Crippen molar-refractivity contribution in [2.45, 2.75) is 37.8 Å². The van der Waals surface area contributed by atoms with Gasteiger partial charge in [-0.3, -0.25) is 20.0 Å². The molecule has 3 rings (SSSR count). The van der Waals surface area contributed by atoms with E-state index in [1.54, 1.807) is 17.6 Å². The number of hydrogen-bond donors (Lipinski definition) is 2. The number of carbonyl (C=O) groups excluding carboxylic acids is 1. The number of ether oxygens (including phenoxy) is 1. The van der Waals surface area contributed by atoms with Gasteiger partial charge in [-0.05, 0) is 30.2 Å². The lowest BCUT2D eigenvalue weighted by molar-refractivity contribution is -0.133. The first-order chi connectivity index (χ1) is 13.3. The van der Waals surface area contributed by atoms with E-state index < -0.39 is 22.0 Å². The highest BCUT2D eigenvalue weighted by Crippen LogP contribution is 2.28. The third-order valence-corrected chi connectivity index (χ3v) is 6.20. The second-order valence-corrected chi connectivity index (χ2v) is 8.76. The van der Waals surface area contributed by atoms with Crippen LogP contribution in [-0.2, 0) is 27.8 Å². The Morgan fingerprint density at radius 2 is 1.89 bits per heavy atom. The van der Waals surface area contributed by atoms with Crippen LogP contribution in [0.1, 0.15) is 25.2 Å². The number of nitrogens with one attached hydrogen (secondary N) is 1. The van der Waals surface area contributed by atoms with E-state index in [2.05, 4.69) is 9.97 Å².